The van der Waals surface area contributed by atoms with Crippen LogP contribution in [0.1, 0.15) is 0 Å². The highest BCUT2D eigenvalue weighted by atomic mass is 15.2. The van der Waals surface area contributed by atoms with Crippen molar-refractivity contribution in [2.75, 3.05) is 0 Å². The van der Waals surface area contributed by atoms with Gasteiger partial charge in [-0.25, -0.2) is 9.97 Å². The first-order valence-electron chi connectivity index (χ1n) is 24.2. The molecular formula is C66H41N5. The van der Waals surface area contributed by atoms with Gasteiger partial charge in [-0.2, -0.15) is 0 Å². The lowest BCUT2D eigenvalue weighted by molar-refractivity contribution is 1.01. The Hall–Kier alpha value is -9.58. The molecule has 0 bridgehead atoms. The van der Waals surface area contributed by atoms with Gasteiger partial charge in [-0.05, 0) is 99.8 Å². The highest BCUT2D eigenvalue weighted by Crippen LogP contribution is 2.45. The van der Waals surface area contributed by atoms with Gasteiger partial charge in [0.25, 0.3) is 0 Å². The maximum Gasteiger partial charge on any atom is 0.235 e. The second kappa shape index (κ2) is 15.5. The molecule has 11 aromatic carbocycles. The average Bonchev–Trinajstić information content (AvgIpc) is 4.09. The molecular weight excluding hydrogens is 863 g/mol. The number of hydrogen-bond acceptors (Lipinski definition) is 2. The first kappa shape index (κ1) is 39.4. The van der Waals surface area contributed by atoms with Crippen molar-refractivity contribution in [2.45, 2.75) is 0 Å². The van der Waals surface area contributed by atoms with Crippen LogP contribution in [0.25, 0.3) is 138 Å². The molecule has 0 radical (unpaired) electrons. The van der Waals surface area contributed by atoms with Crippen molar-refractivity contribution in [1.29, 1.82) is 0 Å². The summed E-state index contributed by atoms with van der Waals surface area (Å²) in [6, 6.07) is 89.8. The van der Waals surface area contributed by atoms with E-state index in [0.717, 1.165) is 77.3 Å². The van der Waals surface area contributed by atoms with Crippen molar-refractivity contribution in [3.8, 4) is 50.8 Å². The van der Waals surface area contributed by atoms with Crippen molar-refractivity contribution in [3.63, 3.8) is 0 Å². The monoisotopic (exact) mass is 903 g/mol. The normalized spacial score (nSPS) is 11.9. The number of benzene rings is 11. The molecule has 4 aromatic heterocycles. The fourth-order valence-corrected chi connectivity index (χ4v) is 11.6. The van der Waals surface area contributed by atoms with Crippen LogP contribution in [0.5, 0.6) is 0 Å². The molecule has 5 heteroatoms. The first-order valence-corrected chi connectivity index (χ1v) is 24.2. The van der Waals surface area contributed by atoms with E-state index in [1.165, 1.54) is 54.7 Å². The van der Waals surface area contributed by atoms with Crippen LogP contribution >= 0.6 is 0 Å². The molecule has 15 aromatic rings. The lowest BCUT2D eigenvalue weighted by atomic mass is 9.98. The van der Waals surface area contributed by atoms with E-state index in [1.807, 2.05) is 0 Å². The van der Waals surface area contributed by atoms with Crippen molar-refractivity contribution >= 4 is 87.1 Å². The number of para-hydroxylation sites is 4. The van der Waals surface area contributed by atoms with Gasteiger partial charge >= 0.3 is 0 Å². The third-order valence-corrected chi connectivity index (χ3v) is 14.6. The molecule has 0 unspecified atom stereocenters. The molecule has 4 heterocycles. The maximum atomic E-state index is 5.53. The summed E-state index contributed by atoms with van der Waals surface area (Å²) in [6.45, 7) is 0. The Labute approximate surface area is 408 Å². The smallest absolute Gasteiger partial charge is 0.235 e. The largest absolute Gasteiger partial charge is 0.309 e. The minimum atomic E-state index is 0.637. The lowest BCUT2D eigenvalue weighted by Crippen LogP contribution is -2.04. The molecule has 71 heavy (non-hydrogen) atoms. The van der Waals surface area contributed by atoms with Gasteiger partial charge in [-0.1, -0.05) is 182 Å². The Balaban J connectivity index is 0.999. The minimum absolute atomic E-state index is 0.637. The van der Waals surface area contributed by atoms with Crippen molar-refractivity contribution < 1.29 is 0 Å². The van der Waals surface area contributed by atoms with E-state index in [0.29, 0.717) is 5.95 Å². The Kier molecular flexibility index (Phi) is 8.59. The van der Waals surface area contributed by atoms with Crippen LogP contribution in [-0.2, 0) is 0 Å². The van der Waals surface area contributed by atoms with Gasteiger partial charge in [0, 0.05) is 49.0 Å². The number of nitrogens with zero attached hydrogens (tertiary/aromatic N) is 5. The number of rotatable bonds is 6. The highest BCUT2D eigenvalue weighted by molar-refractivity contribution is 6.29. The summed E-state index contributed by atoms with van der Waals surface area (Å²) in [5.74, 6) is 0.637. The summed E-state index contributed by atoms with van der Waals surface area (Å²) < 4.78 is 7.23. The predicted molar refractivity (Wildman–Crippen MR) is 296 cm³/mol. The summed E-state index contributed by atoms with van der Waals surface area (Å²) in [5, 5.41) is 10.5. The zero-order valence-electron chi connectivity index (χ0n) is 38.4. The van der Waals surface area contributed by atoms with Crippen LogP contribution in [0.15, 0.2) is 249 Å². The van der Waals surface area contributed by atoms with Crippen LogP contribution in [0.2, 0.25) is 0 Å². The minimum Gasteiger partial charge on any atom is -0.309 e. The lowest BCUT2D eigenvalue weighted by Gasteiger charge is -2.14. The van der Waals surface area contributed by atoms with E-state index in [-0.39, 0.29) is 0 Å². The average molecular weight is 904 g/mol. The van der Waals surface area contributed by atoms with Gasteiger partial charge in [0.05, 0.1) is 50.0 Å². The zero-order valence-corrected chi connectivity index (χ0v) is 38.4. The van der Waals surface area contributed by atoms with Gasteiger partial charge in [0.15, 0.2) is 0 Å². The van der Waals surface area contributed by atoms with Gasteiger partial charge in [0.2, 0.25) is 5.95 Å². The predicted octanol–water partition coefficient (Wildman–Crippen LogP) is 17.1. The van der Waals surface area contributed by atoms with Crippen LogP contribution in [0.4, 0.5) is 0 Å². The molecule has 0 saturated carbocycles. The van der Waals surface area contributed by atoms with Crippen LogP contribution in [0, 0.1) is 0 Å². The number of hydrogen-bond donors (Lipinski definition) is 0. The van der Waals surface area contributed by atoms with Gasteiger partial charge in [-0.15, -0.1) is 0 Å². The fourth-order valence-electron chi connectivity index (χ4n) is 11.6. The van der Waals surface area contributed by atoms with Crippen LogP contribution in [-0.4, -0.2) is 23.7 Å². The molecule has 0 aliphatic carbocycles. The van der Waals surface area contributed by atoms with Crippen LogP contribution in [0.3, 0.4) is 0 Å². The van der Waals surface area contributed by atoms with E-state index in [1.54, 1.807) is 0 Å². The molecule has 0 atom stereocenters. The molecule has 15 rings (SSSR count). The summed E-state index contributed by atoms with van der Waals surface area (Å²) in [4.78, 5) is 10.9. The van der Waals surface area contributed by atoms with Gasteiger partial charge < -0.3 is 9.13 Å². The Morgan fingerprint density at radius 1 is 0.282 bits per heavy atom. The number of fused-ring (bicyclic) bond motifs is 12. The van der Waals surface area contributed by atoms with E-state index in [2.05, 4.69) is 262 Å². The summed E-state index contributed by atoms with van der Waals surface area (Å²) in [7, 11) is 0. The summed E-state index contributed by atoms with van der Waals surface area (Å²) >= 11 is 0. The molecule has 0 spiro atoms. The molecule has 0 N–H and O–H groups in total. The Morgan fingerprint density at radius 3 is 1.44 bits per heavy atom. The maximum absolute atomic E-state index is 5.53. The van der Waals surface area contributed by atoms with E-state index < -0.39 is 0 Å². The topological polar surface area (TPSA) is 40.6 Å². The van der Waals surface area contributed by atoms with Gasteiger partial charge in [-0.3, -0.25) is 4.57 Å². The molecule has 5 nitrogen and oxygen atoms in total. The van der Waals surface area contributed by atoms with E-state index >= 15 is 0 Å². The standard InChI is InChI=1S/C66H41N5/c1-3-19-42(20-4-1)45-39-46(43-21-5-2-6-22-43)41-47(40-45)69-55-32-14-11-28-52(55)63-60(69)37-38-61-64(63)53-29-12-15-33-56(53)70(61)58-35-18-36-59-62(58)51-27-10-16-34-57(51)71(59)66-67-54-31-13-9-26-50(54)65(68-66)49-30-17-24-44-23-7-8-25-48(44)49/h1-41H. The van der Waals surface area contributed by atoms with E-state index in [9.17, 15) is 0 Å². The Bertz CT molecular complexity index is 4570. The third kappa shape index (κ3) is 5.93. The first-order chi connectivity index (χ1) is 35.2. The highest BCUT2D eigenvalue weighted by Gasteiger charge is 2.25. The second-order valence-corrected chi connectivity index (χ2v) is 18.5. The zero-order chi connectivity index (χ0) is 46.6. The van der Waals surface area contributed by atoms with Crippen LogP contribution < -0.4 is 0 Å². The molecule has 0 fully saturated rings. The third-order valence-electron chi connectivity index (χ3n) is 14.6. The summed E-state index contributed by atoms with van der Waals surface area (Å²) in [6.07, 6.45) is 0. The molecule has 330 valence electrons. The summed E-state index contributed by atoms with van der Waals surface area (Å²) in [5.41, 5.74) is 16.6. The molecule has 0 aliphatic rings. The fraction of sp³-hybridized carbons (Fsp3) is 0. The second-order valence-electron chi connectivity index (χ2n) is 18.5. The Morgan fingerprint density at radius 2 is 0.761 bits per heavy atom. The van der Waals surface area contributed by atoms with Gasteiger partial charge in [0.1, 0.15) is 0 Å². The van der Waals surface area contributed by atoms with Crippen molar-refractivity contribution in [2.24, 2.45) is 0 Å². The van der Waals surface area contributed by atoms with Crippen molar-refractivity contribution in [1.82, 2.24) is 23.7 Å². The number of aromatic nitrogens is 5. The van der Waals surface area contributed by atoms with Crippen molar-refractivity contribution in [3.05, 3.63) is 249 Å². The SMILES string of the molecule is c1ccc(-c2cc(-c3ccccc3)cc(-n3c4ccccc4c4c5c6ccccc6n(-c6cccc7c6c6ccccc6n7-c6nc(-c7cccc8ccccc78)c7ccccc7n6)c5ccc43)c2)cc1. The molecule has 0 amide bonds. The molecule has 0 aliphatic heterocycles. The quantitative estimate of drug-likeness (QED) is 0.167. The molecule has 0 saturated heterocycles. The van der Waals surface area contributed by atoms with E-state index in [4.69, 9.17) is 9.97 Å².